The van der Waals surface area contributed by atoms with E-state index in [0.29, 0.717) is 18.0 Å². The molecule has 3 rings (SSSR count). The van der Waals surface area contributed by atoms with E-state index in [0.717, 1.165) is 37.3 Å². The van der Waals surface area contributed by atoms with E-state index in [9.17, 15) is 22.4 Å². The van der Waals surface area contributed by atoms with Crippen LogP contribution in [0.15, 0.2) is 48.5 Å². The molecule has 0 spiro atoms. The molecule has 0 aliphatic heterocycles. The normalized spacial score (nSPS) is 12.0. The van der Waals surface area contributed by atoms with E-state index in [1.54, 1.807) is 0 Å². The van der Waals surface area contributed by atoms with Crippen molar-refractivity contribution in [1.29, 1.82) is 0 Å². The van der Waals surface area contributed by atoms with Crippen LogP contribution in [-0.4, -0.2) is 52.5 Å². The molecule has 0 bridgehead atoms. The molecule has 0 fully saturated rings. The molecule has 0 saturated heterocycles. The Morgan fingerprint density at radius 1 is 1.16 bits per heavy atom. The molecule has 3 aromatic rings. The van der Waals surface area contributed by atoms with Crippen molar-refractivity contribution in [3.05, 3.63) is 54.1 Å². The fourth-order valence-corrected chi connectivity index (χ4v) is 3.25. The summed E-state index contributed by atoms with van der Waals surface area (Å²) in [7, 11) is 0. The van der Waals surface area contributed by atoms with Gasteiger partial charge < -0.3 is 14.2 Å². The van der Waals surface area contributed by atoms with Crippen molar-refractivity contribution < 1.29 is 27.1 Å². The third kappa shape index (κ3) is 5.37. The number of hydrogen-bond donors (Lipinski definition) is 1. The molecule has 0 radical (unpaired) electrons. The Bertz CT molecular complexity index is 1070. The molecule has 0 aliphatic rings. The van der Waals surface area contributed by atoms with Gasteiger partial charge in [0.25, 0.3) is 5.91 Å². The van der Waals surface area contributed by atoms with Gasteiger partial charge in [0.15, 0.2) is 0 Å². The van der Waals surface area contributed by atoms with Crippen molar-refractivity contribution in [2.75, 3.05) is 25.0 Å². The van der Waals surface area contributed by atoms with Gasteiger partial charge in [0.05, 0.1) is 11.0 Å². The predicted molar refractivity (Wildman–Crippen MR) is 113 cm³/mol. The maximum Gasteiger partial charge on any atom is 0.461 e. The largest absolute Gasteiger partial charge is 0.461 e. The van der Waals surface area contributed by atoms with Gasteiger partial charge in [-0.15, -0.1) is 0 Å². The quantitative estimate of drug-likeness (QED) is 0.446. The lowest BCUT2D eigenvalue weighted by molar-refractivity contribution is -0.253. The summed E-state index contributed by atoms with van der Waals surface area (Å²) in [6, 6.07) is 12.1. The van der Waals surface area contributed by atoms with Crippen LogP contribution >= 0.6 is 0 Å². The Balaban J connectivity index is 1.84. The summed E-state index contributed by atoms with van der Waals surface area (Å²) in [5, 5.41) is 2.69. The first-order valence-corrected chi connectivity index (χ1v) is 10.2. The second-order valence-electron chi connectivity index (χ2n) is 7.05. The number of nitrogens with zero attached hydrogens (tertiary/aromatic N) is 3. The number of likely N-dealkylation sites (N-methyl/N-ethyl adjacent to an activating group) is 1. The number of amides is 1. The second kappa shape index (κ2) is 9.99. The molecule has 172 valence electrons. The third-order valence-electron chi connectivity index (χ3n) is 5.02. The molecule has 1 N–H and O–H groups in total. The lowest BCUT2D eigenvalue weighted by atomic mass is 10.2. The molecule has 32 heavy (non-hydrogen) atoms. The molecule has 1 amide bonds. The molecule has 6 nitrogen and oxygen atoms in total. The number of halogens is 4. The molecule has 2 aromatic carbocycles. The minimum atomic E-state index is -4.66. The van der Waals surface area contributed by atoms with Gasteiger partial charge in [-0.05, 0) is 43.4 Å². The lowest BCUT2D eigenvalue weighted by Crippen LogP contribution is -2.33. The summed E-state index contributed by atoms with van der Waals surface area (Å²) < 4.78 is 57.2. The SMILES string of the molecule is CCN(CC)CCn1c(NC(=O)c2cccc(OC(F)(F)C(F)F)c2)nc2ccccc21. The maximum atomic E-state index is 13.2. The van der Waals surface area contributed by atoms with Gasteiger partial charge in [0.2, 0.25) is 5.95 Å². The summed E-state index contributed by atoms with van der Waals surface area (Å²) in [4.78, 5) is 19.5. The molecule has 1 aromatic heterocycles. The third-order valence-corrected chi connectivity index (χ3v) is 5.02. The van der Waals surface area contributed by atoms with Crippen molar-refractivity contribution >= 4 is 22.9 Å². The summed E-state index contributed by atoms with van der Waals surface area (Å²) in [6.45, 7) is 7.18. The van der Waals surface area contributed by atoms with Gasteiger partial charge in [-0.25, -0.2) is 4.98 Å². The number of ether oxygens (including phenoxy) is 1. The number of nitrogens with one attached hydrogen (secondary N) is 1. The number of carbonyl (C=O) groups is 1. The fraction of sp³-hybridized carbons (Fsp3) is 0.364. The Morgan fingerprint density at radius 3 is 2.56 bits per heavy atom. The van der Waals surface area contributed by atoms with Crippen molar-refractivity contribution in [2.45, 2.75) is 32.9 Å². The van der Waals surface area contributed by atoms with E-state index >= 15 is 0 Å². The van der Waals surface area contributed by atoms with E-state index in [4.69, 9.17) is 0 Å². The zero-order valence-corrected chi connectivity index (χ0v) is 17.7. The van der Waals surface area contributed by atoms with E-state index in [1.807, 2.05) is 28.8 Å². The Kier molecular flexibility index (Phi) is 7.34. The molecular weight excluding hydrogens is 428 g/mol. The Labute approximate surface area is 182 Å². The highest BCUT2D eigenvalue weighted by atomic mass is 19.3. The minimum Gasteiger partial charge on any atom is -0.428 e. The molecule has 0 saturated carbocycles. The topological polar surface area (TPSA) is 59.4 Å². The van der Waals surface area contributed by atoms with Crippen LogP contribution in [0.25, 0.3) is 11.0 Å². The van der Waals surface area contributed by atoms with Crippen LogP contribution in [-0.2, 0) is 6.54 Å². The average Bonchev–Trinajstić information content (AvgIpc) is 3.11. The van der Waals surface area contributed by atoms with Crippen LogP contribution in [0.2, 0.25) is 0 Å². The van der Waals surface area contributed by atoms with E-state index in [2.05, 4.69) is 33.8 Å². The average molecular weight is 452 g/mol. The van der Waals surface area contributed by atoms with Gasteiger partial charge in [0, 0.05) is 18.7 Å². The molecule has 0 unspecified atom stereocenters. The van der Waals surface area contributed by atoms with Crippen LogP contribution in [0.4, 0.5) is 23.5 Å². The highest BCUT2D eigenvalue weighted by molar-refractivity contribution is 6.04. The van der Waals surface area contributed by atoms with Crippen LogP contribution in [0.5, 0.6) is 5.75 Å². The highest BCUT2D eigenvalue weighted by Gasteiger charge is 2.44. The number of para-hydroxylation sites is 2. The first-order valence-electron chi connectivity index (χ1n) is 10.2. The zero-order valence-electron chi connectivity index (χ0n) is 17.7. The van der Waals surface area contributed by atoms with Gasteiger partial charge in [-0.3, -0.25) is 10.1 Å². The number of fused-ring (bicyclic) bond motifs is 1. The van der Waals surface area contributed by atoms with Gasteiger partial charge in [-0.2, -0.15) is 17.6 Å². The van der Waals surface area contributed by atoms with E-state index in [-0.39, 0.29) is 5.56 Å². The summed E-state index contributed by atoms with van der Waals surface area (Å²) in [5.41, 5.74) is 1.49. The van der Waals surface area contributed by atoms with Gasteiger partial charge in [-0.1, -0.05) is 32.0 Å². The number of imidazole rings is 1. The highest BCUT2D eigenvalue weighted by Crippen LogP contribution is 2.28. The van der Waals surface area contributed by atoms with Crippen molar-refractivity contribution in [3.8, 4) is 5.75 Å². The standard InChI is InChI=1S/C22H24F4N4O2/c1-3-29(4-2)12-13-30-18-11-6-5-10-17(18)27-21(30)28-19(31)15-8-7-9-16(14-15)32-22(25,26)20(23)24/h5-11,14,20H,3-4,12-13H2,1-2H3,(H,27,28,31). The van der Waals surface area contributed by atoms with Gasteiger partial charge >= 0.3 is 12.5 Å². The monoisotopic (exact) mass is 452 g/mol. The molecule has 10 heteroatoms. The van der Waals surface area contributed by atoms with Crippen LogP contribution in [0.1, 0.15) is 24.2 Å². The summed E-state index contributed by atoms with van der Waals surface area (Å²) in [5.74, 6) is -0.874. The molecular formula is C22H24F4N4O2. The Hall–Kier alpha value is -3.14. The number of alkyl halides is 4. The van der Waals surface area contributed by atoms with Crippen LogP contribution < -0.4 is 10.1 Å². The maximum absolute atomic E-state index is 13.2. The molecule has 0 atom stereocenters. The number of anilines is 1. The lowest BCUT2D eigenvalue weighted by Gasteiger charge is -2.19. The fourth-order valence-electron chi connectivity index (χ4n) is 3.25. The summed E-state index contributed by atoms with van der Waals surface area (Å²) >= 11 is 0. The first kappa shape index (κ1) is 23.5. The van der Waals surface area contributed by atoms with Gasteiger partial charge in [0.1, 0.15) is 5.75 Å². The van der Waals surface area contributed by atoms with Crippen LogP contribution in [0, 0.1) is 0 Å². The van der Waals surface area contributed by atoms with E-state index < -0.39 is 24.2 Å². The summed E-state index contributed by atoms with van der Waals surface area (Å²) in [6.07, 6.45) is -8.65. The van der Waals surface area contributed by atoms with E-state index in [1.165, 1.54) is 12.1 Å². The molecule has 0 aliphatic carbocycles. The van der Waals surface area contributed by atoms with Crippen molar-refractivity contribution in [2.24, 2.45) is 0 Å². The first-order chi connectivity index (χ1) is 15.2. The number of benzene rings is 2. The number of rotatable bonds is 10. The minimum absolute atomic E-state index is 0.0325. The second-order valence-corrected chi connectivity index (χ2v) is 7.05. The van der Waals surface area contributed by atoms with Crippen molar-refractivity contribution in [1.82, 2.24) is 14.5 Å². The number of hydrogen-bond acceptors (Lipinski definition) is 4. The zero-order chi connectivity index (χ0) is 23.3. The Morgan fingerprint density at radius 2 is 1.88 bits per heavy atom. The van der Waals surface area contributed by atoms with Crippen molar-refractivity contribution in [3.63, 3.8) is 0 Å². The predicted octanol–water partition coefficient (Wildman–Crippen LogP) is 4.87. The smallest absolute Gasteiger partial charge is 0.428 e. The number of carbonyl (C=O) groups excluding carboxylic acids is 1. The van der Waals surface area contributed by atoms with Crippen LogP contribution in [0.3, 0.4) is 0 Å². The number of aromatic nitrogens is 2. The molecule has 1 heterocycles.